The van der Waals surface area contributed by atoms with Crippen molar-refractivity contribution in [3.8, 4) is 122 Å². The van der Waals surface area contributed by atoms with Crippen LogP contribution >= 0.6 is 0 Å². The standard InChI is InChI=1S/C97H74/c1-93(2)78-43-19-14-33-73(78)88-67(38-24-48-83(88)93)60-53-61(68-39-25-49-84-89(68)74-34-15-20-44-79(74)94(84,3)4)56-64(55-60)97(82-47-23-18-37-77(82)92-72(42-28-52-87(92)97)71-32-13-12-31-66(71)59-29-10-9-11-30-59)65-57-62(69-40-26-50-85-90(69)75-35-16-21-45-80(75)95(85,5)6)54-63(58-65)70-41-27-51-86-91(70)76-36-17-22-46-81(76)96(86,7)8/h9-58H,1-8H3. The topological polar surface area (TPSA) is 0 Å². The van der Waals surface area contributed by atoms with Crippen LogP contribution in [0, 0.1) is 0 Å². The third-order valence-electron chi connectivity index (χ3n) is 23.8. The predicted octanol–water partition coefficient (Wildman–Crippen LogP) is 25.3. The lowest BCUT2D eigenvalue weighted by atomic mass is 9.65. The maximum atomic E-state index is 2.63. The number of hydrogen-bond donors (Lipinski definition) is 0. The molecule has 0 aliphatic heterocycles. The largest absolute Gasteiger partial charge is 0.0714 e. The summed E-state index contributed by atoms with van der Waals surface area (Å²) in [5.41, 5.74) is 41.9. The maximum Gasteiger partial charge on any atom is 0.0714 e. The van der Waals surface area contributed by atoms with Crippen LogP contribution in [0.15, 0.2) is 303 Å². The molecule has 0 saturated heterocycles. The zero-order chi connectivity index (χ0) is 65.5. The Morgan fingerprint density at radius 1 is 0.155 bits per heavy atom. The maximum absolute atomic E-state index is 2.63. The fraction of sp³-hybridized carbons (Fsp3) is 0.134. The van der Waals surface area contributed by atoms with Crippen LogP contribution in [0.3, 0.4) is 0 Å². The Labute approximate surface area is 571 Å². The summed E-state index contributed by atoms with van der Waals surface area (Å²) in [5, 5.41) is 0. The van der Waals surface area contributed by atoms with E-state index in [1.807, 2.05) is 0 Å². The highest BCUT2D eigenvalue weighted by Gasteiger charge is 2.50. The molecule has 462 valence electrons. The fourth-order valence-corrected chi connectivity index (χ4v) is 19.2. The Bertz CT molecular complexity index is 5180. The predicted molar refractivity (Wildman–Crippen MR) is 407 cm³/mol. The zero-order valence-corrected chi connectivity index (χ0v) is 56.4. The third-order valence-corrected chi connectivity index (χ3v) is 23.8. The van der Waals surface area contributed by atoms with E-state index < -0.39 is 5.41 Å². The summed E-state index contributed by atoms with van der Waals surface area (Å²) >= 11 is 0. The molecule has 0 unspecified atom stereocenters. The second-order valence-corrected chi connectivity index (χ2v) is 30.1. The van der Waals surface area contributed by atoms with E-state index >= 15 is 0 Å². The Morgan fingerprint density at radius 3 is 0.742 bits per heavy atom. The molecule has 0 fully saturated rings. The molecule has 0 spiro atoms. The van der Waals surface area contributed by atoms with E-state index in [2.05, 4.69) is 359 Å². The van der Waals surface area contributed by atoms with Crippen molar-refractivity contribution in [1.29, 1.82) is 0 Å². The highest BCUT2D eigenvalue weighted by molar-refractivity contribution is 6.03. The lowest BCUT2D eigenvalue weighted by Crippen LogP contribution is -2.29. The second-order valence-electron chi connectivity index (χ2n) is 30.1. The van der Waals surface area contributed by atoms with Crippen molar-refractivity contribution in [2.45, 2.75) is 82.5 Å². The van der Waals surface area contributed by atoms with Gasteiger partial charge in [0.25, 0.3) is 0 Å². The van der Waals surface area contributed by atoms with Gasteiger partial charge in [0.05, 0.1) is 5.41 Å². The van der Waals surface area contributed by atoms with Crippen LogP contribution in [0.2, 0.25) is 0 Å². The van der Waals surface area contributed by atoms with Crippen molar-refractivity contribution in [1.82, 2.24) is 0 Å². The zero-order valence-electron chi connectivity index (χ0n) is 56.4. The van der Waals surface area contributed by atoms with Gasteiger partial charge in [0.2, 0.25) is 0 Å². The van der Waals surface area contributed by atoms with E-state index in [4.69, 9.17) is 0 Å². The Hall–Kier alpha value is -10.9. The number of fused-ring (bicyclic) bond motifs is 15. The van der Waals surface area contributed by atoms with Crippen LogP contribution in [0.5, 0.6) is 0 Å². The Balaban J connectivity index is 0.994. The van der Waals surface area contributed by atoms with Gasteiger partial charge in [-0.25, -0.2) is 0 Å². The number of rotatable bonds is 8. The van der Waals surface area contributed by atoms with Crippen molar-refractivity contribution < 1.29 is 0 Å². The molecule has 0 saturated carbocycles. The van der Waals surface area contributed by atoms with Crippen LogP contribution in [0.25, 0.3) is 122 Å². The minimum Gasteiger partial charge on any atom is -0.0622 e. The van der Waals surface area contributed by atoms with Crippen molar-refractivity contribution in [3.63, 3.8) is 0 Å². The molecule has 0 heterocycles. The molecule has 19 rings (SSSR count). The molecular weight excluding hydrogens is 1170 g/mol. The van der Waals surface area contributed by atoms with Crippen LogP contribution in [0.4, 0.5) is 0 Å². The first-order valence-electron chi connectivity index (χ1n) is 34.8. The van der Waals surface area contributed by atoms with Crippen molar-refractivity contribution in [2.75, 3.05) is 0 Å². The average Bonchev–Trinajstić information content (AvgIpc) is 1.56. The van der Waals surface area contributed by atoms with Crippen LogP contribution in [-0.2, 0) is 27.1 Å². The van der Waals surface area contributed by atoms with Gasteiger partial charge < -0.3 is 0 Å². The summed E-state index contributed by atoms with van der Waals surface area (Å²) in [4.78, 5) is 0. The summed E-state index contributed by atoms with van der Waals surface area (Å²) < 4.78 is 0. The molecule has 5 aliphatic rings. The summed E-state index contributed by atoms with van der Waals surface area (Å²) in [5.74, 6) is 0. The molecule has 14 aromatic carbocycles. The molecule has 0 radical (unpaired) electrons. The minimum atomic E-state index is -0.923. The molecule has 97 heavy (non-hydrogen) atoms. The van der Waals surface area contributed by atoms with Crippen LogP contribution in [-0.4, -0.2) is 0 Å². The SMILES string of the molecule is CC1(C)c2ccccc2-c2c(-c3cc(-c4cccc5c4-c4ccccc4C5(C)C)cc(C4(c5cc(-c6cccc7c6-c6ccccc6C7(C)C)cc(-c6cccc7c6-c6ccccc6C7(C)C)c5)c5ccccc5-c5c(-c6ccccc6-c6ccccc6)cccc54)c3)cccc21. The number of hydrogen-bond acceptors (Lipinski definition) is 0. The molecule has 0 nitrogen and oxygen atoms in total. The van der Waals surface area contributed by atoms with Crippen molar-refractivity contribution in [3.05, 3.63) is 370 Å². The van der Waals surface area contributed by atoms with Crippen LogP contribution < -0.4 is 0 Å². The molecule has 0 heteroatoms. The van der Waals surface area contributed by atoms with Crippen LogP contribution in [0.1, 0.15) is 122 Å². The van der Waals surface area contributed by atoms with E-state index in [1.165, 1.54) is 189 Å². The summed E-state index contributed by atoms with van der Waals surface area (Å²) in [6, 6.07) is 118. The first-order valence-corrected chi connectivity index (χ1v) is 34.8. The monoisotopic (exact) mass is 1240 g/mol. The Kier molecular flexibility index (Phi) is 12.2. The minimum absolute atomic E-state index is 0.202. The fourth-order valence-electron chi connectivity index (χ4n) is 19.2. The van der Waals surface area contributed by atoms with Gasteiger partial charge in [-0.2, -0.15) is 0 Å². The third kappa shape index (κ3) is 7.87. The van der Waals surface area contributed by atoms with Gasteiger partial charge >= 0.3 is 0 Å². The Morgan fingerprint density at radius 2 is 0.392 bits per heavy atom. The molecule has 0 amide bonds. The first-order chi connectivity index (χ1) is 47.2. The molecular formula is C97H74. The van der Waals surface area contributed by atoms with E-state index in [9.17, 15) is 0 Å². The summed E-state index contributed by atoms with van der Waals surface area (Å²) in [6.45, 7) is 19.3. The van der Waals surface area contributed by atoms with Gasteiger partial charge in [0.15, 0.2) is 0 Å². The lowest BCUT2D eigenvalue weighted by molar-refractivity contribution is 0.660. The quantitative estimate of drug-likeness (QED) is 0.142. The molecule has 0 bridgehead atoms. The highest BCUT2D eigenvalue weighted by atomic mass is 14.5. The van der Waals surface area contributed by atoms with Gasteiger partial charge in [0, 0.05) is 21.7 Å². The van der Waals surface area contributed by atoms with Gasteiger partial charge in [-0.3, -0.25) is 0 Å². The van der Waals surface area contributed by atoms with E-state index in [0.29, 0.717) is 0 Å². The van der Waals surface area contributed by atoms with Crippen molar-refractivity contribution >= 4 is 0 Å². The van der Waals surface area contributed by atoms with Gasteiger partial charge in [0.1, 0.15) is 0 Å². The van der Waals surface area contributed by atoms with Gasteiger partial charge in [-0.05, 0) is 226 Å². The smallest absolute Gasteiger partial charge is 0.0622 e. The van der Waals surface area contributed by atoms with E-state index in [1.54, 1.807) is 0 Å². The molecule has 5 aliphatic carbocycles. The second kappa shape index (κ2) is 20.6. The molecule has 0 N–H and O–H groups in total. The molecule has 0 aromatic heterocycles. The highest BCUT2D eigenvalue weighted by Crippen LogP contribution is 2.63. The summed E-state index contributed by atoms with van der Waals surface area (Å²) in [7, 11) is 0. The molecule has 14 aromatic rings. The average molecular weight is 1240 g/mol. The normalized spacial score (nSPS) is 15.6. The number of benzene rings is 14. The van der Waals surface area contributed by atoms with E-state index in [-0.39, 0.29) is 21.7 Å². The molecule has 0 atom stereocenters. The lowest BCUT2D eigenvalue weighted by Gasteiger charge is -2.36. The van der Waals surface area contributed by atoms with Gasteiger partial charge in [-0.15, -0.1) is 0 Å². The van der Waals surface area contributed by atoms with Gasteiger partial charge in [-0.1, -0.05) is 322 Å². The first kappa shape index (κ1) is 57.5. The van der Waals surface area contributed by atoms with E-state index in [0.717, 1.165) is 0 Å². The van der Waals surface area contributed by atoms with Crippen molar-refractivity contribution in [2.24, 2.45) is 0 Å². The summed E-state index contributed by atoms with van der Waals surface area (Å²) in [6.07, 6.45) is 0.